The Balaban J connectivity index is 4.36. The summed E-state index contributed by atoms with van der Waals surface area (Å²) in [4.78, 5) is 25.4. The molecule has 80 valence electrons. The van der Waals surface area contributed by atoms with Crippen LogP contribution < -0.4 is 5.73 Å². The molecule has 0 saturated carbocycles. The van der Waals surface area contributed by atoms with Crippen LogP contribution in [0.25, 0.3) is 0 Å². The molecule has 7 heteroatoms. The van der Waals surface area contributed by atoms with Gasteiger partial charge in [-0.2, -0.15) is 0 Å². The topological polar surface area (TPSA) is 116 Å². The van der Waals surface area contributed by atoms with Crippen LogP contribution in [0.1, 0.15) is 6.92 Å². The van der Waals surface area contributed by atoms with Gasteiger partial charge in [0.15, 0.2) is 5.96 Å². The molecule has 0 rings (SSSR count). The SMILES string of the molecule is C[C@H](N=C(N)N(C)CC(=O)O)C(=O)O. The van der Waals surface area contributed by atoms with Crippen LogP contribution in [-0.2, 0) is 9.59 Å². The third-order valence-electron chi connectivity index (χ3n) is 1.45. The zero-order valence-electron chi connectivity index (χ0n) is 7.97. The van der Waals surface area contributed by atoms with E-state index in [9.17, 15) is 9.59 Å². The molecule has 0 aliphatic carbocycles. The molecule has 0 saturated heterocycles. The van der Waals surface area contributed by atoms with Crippen LogP contribution in [0.3, 0.4) is 0 Å². The molecule has 0 bridgehead atoms. The number of rotatable bonds is 4. The van der Waals surface area contributed by atoms with E-state index in [1.807, 2.05) is 0 Å². The molecular weight excluding hydrogens is 190 g/mol. The number of likely N-dealkylation sites (N-methyl/N-ethyl adjacent to an activating group) is 1. The standard InChI is InChI=1S/C7H13N3O4/c1-4(6(13)14)9-7(8)10(2)3-5(11)12/h4H,3H2,1-2H3,(H2,8,9)(H,11,12)(H,13,14)/t4-/m0/s1. The van der Waals surface area contributed by atoms with Crippen molar-refractivity contribution in [3.8, 4) is 0 Å². The van der Waals surface area contributed by atoms with E-state index in [2.05, 4.69) is 4.99 Å². The van der Waals surface area contributed by atoms with E-state index in [-0.39, 0.29) is 12.5 Å². The zero-order valence-corrected chi connectivity index (χ0v) is 7.97. The van der Waals surface area contributed by atoms with Crippen molar-refractivity contribution in [2.24, 2.45) is 10.7 Å². The molecular formula is C7H13N3O4. The van der Waals surface area contributed by atoms with E-state index in [0.29, 0.717) is 0 Å². The fourth-order valence-corrected chi connectivity index (χ4v) is 0.636. The van der Waals surface area contributed by atoms with Crippen LogP contribution in [0, 0.1) is 0 Å². The minimum Gasteiger partial charge on any atom is -0.480 e. The van der Waals surface area contributed by atoms with Crippen molar-refractivity contribution in [3.63, 3.8) is 0 Å². The van der Waals surface area contributed by atoms with Gasteiger partial charge < -0.3 is 20.8 Å². The first-order chi connectivity index (χ1) is 6.34. The lowest BCUT2D eigenvalue weighted by atomic mass is 10.4. The van der Waals surface area contributed by atoms with Crippen molar-refractivity contribution in [2.45, 2.75) is 13.0 Å². The molecule has 0 heterocycles. The second kappa shape index (κ2) is 5.05. The van der Waals surface area contributed by atoms with Gasteiger partial charge in [-0.15, -0.1) is 0 Å². The molecule has 14 heavy (non-hydrogen) atoms. The van der Waals surface area contributed by atoms with Gasteiger partial charge in [-0.25, -0.2) is 9.79 Å². The monoisotopic (exact) mass is 203 g/mol. The van der Waals surface area contributed by atoms with E-state index >= 15 is 0 Å². The quantitative estimate of drug-likeness (QED) is 0.390. The Morgan fingerprint density at radius 1 is 1.50 bits per heavy atom. The number of hydrogen-bond acceptors (Lipinski definition) is 3. The molecule has 1 atom stereocenters. The van der Waals surface area contributed by atoms with Crippen molar-refractivity contribution in [3.05, 3.63) is 0 Å². The number of nitrogens with zero attached hydrogens (tertiary/aromatic N) is 2. The van der Waals surface area contributed by atoms with Gasteiger partial charge in [-0.3, -0.25) is 4.79 Å². The molecule has 0 radical (unpaired) electrons. The third kappa shape index (κ3) is 4.29. The molecule has 0 fully saturated rings. The first-order valence-electron chi connectivity index (χ1n) is 3.83. The average molecular weight is 203 g/mol. The minimum atomic E-state index is -1.11. The minimum absolute atomic E-state index is 0.109. The van der Waals surface area contributed by atoms with Crippen LogP contribution in [0.4, 0.5) is 0 Å². The molecule has 0 amide bonds. The Labute approximate surface area is 80.8 Å². The molecule has 4 N–H and O–H groups in total. The van der Waals surface area contributed by atoms with E-state index in [4.69, 9.17) is 15.9 Å². The summed E-state index contributed by atoms with van der Waals surface area (Å²) in [5.41, 5.74) is 5.35. The Hall–Kier alpha value is -1.79. The molecule has 7 nitrogen and oxygen atoms in total. The van der Waals surface area contributed by atoms with Gasteiger partial charge in [0.25, 0.3) is 0 Å². The molecule has 0 aromatic carbocycles. The summed E-state index contributed by atoms with van der Waals surface area (Å²) in [5.74, 6) is -2.28. The molecule has 0 unspecified atom stereocenters. The summed E-state index contributed by atoms with van der Waals surface area (Å²) in [5, 5.41) is 16.9. The van der Waals surface area contributed by atoms with Crippen LogP contribution in [0.15, 0.2) is 4.99 Å². The number of aliphatic carboxylic acids is 2. The highest BCUT2D eigenvalue weighted by Gasteiger charge is 2.12. The highest BCUT2D eigenvalue weighted by molar-refractivity contribution is 5.85. The molecule has 0 aromatic heterocycles. The Morgan fingerprint density at radius 3 is 2.36 bits per heavy atom. The van der Waals surface area contributed by atoms with E-state index in [1.54, 1.807) is 0 Å². The Morgan fingerprint density at radius 2 is 2.00 bits per heavy atom. The fraction of sp³-hybridized carbons (Fsp3) is 0.571. The summed E-state index contributed by atoms with van der Waals surface area (Å²) in [6.07, 6.45) is 0. The summed E-state index contributed by atoms with van der Waals surface area (Å²) >= 11 is 0. The Bertz CT molecular complexity index is 264. The highest BCUT2D eigenvalue weighted by Crippen LogP contribution is 1.91. The number of aliphatic imine (C=N–C) groups is 1. The zero-order chi connectivity index (χ0) is 11.3. The molecule has 0 aliphatic heterocycles. The molecule has 0 aliphatic rings. The second-order valence-corrected chi connectivity index (χ2v) is 2.75. The van der Waals surface area contributed by atoms with Crippen molar-refractivity contribution in [1.82, 2.24) is 4.90 Å². The first-order valence-corrected chi connectivity index (χ1v) is 3.83. The van der Waals surface area contributed by atoms with Gasteiger partial charge in [-0.05, 0) is 6.92 Å². The summed E-state index contributed by atoms with van der Waals surface area (Å²) < 4.78 is 0. The number of nitrogens with two attached hydrogens (primary N) is 1. The normalized spacial score (nSPS) is 13.4. The predicted octanol–water partition coefficient (Wildman–Crippen LogP) is -1.21. The Kier molecular flexibility index (Phi) is 4.41. The van der Waals surface area contributed by atoms with Gasteiger partial charge in [0.2, 0.25) is 0 Å². The molecule has 0 spiro atoms. The highest BCUT2D eigenvalue weighted by atomic mass is 16.4. The number of guanidine groups is 1. The number of hydrogen-bond donors (Lipinski definition) is 3. The summed E-state index contributed by atoms with van der Waals surface area (Å²) in [7, 11) is 1.42. The smallest absolute Gasteiger partial charge is 0.328 e. The van der Waals surface area contributed by atoms with Crippen molar-refractivity contribution in [2.75, 3.05) is 13.6 Å². The number of carboxylic acids is 2. The van der Waals surface area contributed by atoms with Crippen molar-refractivity contribution < 1.29 is 19.8 Å². The average Bonchev–Trinajstić information content (AvgIpc) is 2.02. The lowest BCUT2D eigenvalue weighted by molar-refractivity contribution is -0.138. The van der Waals surface area contributed by atoms with Gasteiger partial charge >= 0.3 is 11.9 Å². The van der Waals surface area contributed by atoms with E-state index < -0.39 is 18.0 Å². The fourth-order valence-electron chi connectivity index (χ4n) is 0.636. The largest absolute Gasteiger partial charge is 0.480 e. The van der Waals surface area contributed by atoms with Crippen molar-refractivity contribution in [1.29, 1.82) is 0 Å². The maximum Gasteiger partial charge on any atom is 0.328 e. The summed E-state index contributed by atoms with van der Waals surface area (Å²) in [6, 6.07) is -0.980. The van der Waals surface area contributed by atoms with Gasteiger partial charge in [0.1, 0.15) is 12.6 Å². The van der Waals surface area contributed by atoms with E-state index in [1.165, 1.54) is 14.0 Å². The first kappa shape index (κ1) is 12.2. The molecule has 0 aromatic rings. The predicted molar refractivity (Wildman–Crippen MR) is 49.0 cm³/mol. The second-order valence-electron chi connectivity index (χ2n) is 2.75. The van der Waals surface area contributed by atoms with E-state index in [0.717, 1.165) is 4.90 Å². The van der Waals surface area contributed by atoms with Crippen LogP contribution >= 0.6 is 0 Å². The summed E-state index contributed by atoms with van der Waals surface area (Å²) in [6.45, 7) is 1.03. The number of carboxylic acid groups (broad SMARTS) is 2. The lowest BCUT2D eigenvalue weighted by Crippen LogP contribution is -2.39. The lowest BCUT2D eigenvalue weighted by Gasteiger charge is -2.15. The maximum atomic E-state index is 10.4. The number of carbonyl (C=O) groups is 2. The van der Waals surface area contributed by atoms with Gasteiger partial charge in [0, 0.05) is 7.05 Å². The van der Waals surface area contributed by atoms with Gasteiger partial charge in [0.05, 0.1) is 0 Å². The van der Waals surface area contributed by atoms with Gasteiger partial charge in [-0.1, -0.05) is 0 Å². The maximum absolute atomic E-state index is 10.4. The van der Waals surface area contributed by atoms with Crippen molar-refractivity contribution >= 4 is 17.9 Å². The van der Waals surface area contributed by atoms with Crippen LogP contribution in [0.5, 0.6) is 0 Å². The van der Waals surface area contributed by atoms with Crippen LogP contribution in [0.2, 0.25) is 0 Å². The third-order valence-corrected chi connectivity index (χ3v) is 1.45. The van der Waals surface area contributed by atoms with Crippen LogP contribution in [-0.4, -0.2) is 52.6 Å².